The van der Waals surface area contributed by atoms with Crippen LogP contribution in [-0.2, 0) is 26.4 Å². The molecule has 0 spiro atoms. The molecule has 1 aromatic rings. The van der Waals surface area contributed by atoms with Gasteiger partial charge in [0.25, 0.3) is 0 Å². The maximum Gasteiger partial charge on any atom is 0.225 e. The molecule has 3 aliphatic rings. The lowest BCUT2D eigenvalue weighted by Gasteiger charge is -2.50. The summed E-state index contributed by atoms with van der Waals surface area (Å²) in [6.45, 7) is 5.75. The molecule has 3 fully saturated rings. The minimum absolute atomic E-state index is 0.218. The maximum absolute atomic E-state index is 13.0. The van der Waals surface area contributed by atoms with E-state index in [1.165, 1.54) is 6.42 Å². The Hall–Kier alpha value is -1.58. The van der Waals surface area contributed by atoms with Crippen LogP contribution in [0.15, 0.2) is 0 Å². The molecule has 2 aliphatic heterocycles. The SMILES string of the molecule is COCCn1nnnc1C1(N2CCOCC2)CCCN(C(=O)C2CCC2)C1. The van der Waals surface area contributed by atoms with Crippen molar-refractivity contribution < 1.29 is 14.3 Å². The van der Waals surface area contributed by atoms with E-state index in [0.29, 0.717) is 38.8 Å². The summed E-state index contributed by atoms with van der Waals surface area (Å²) in [4.78, 5) is 17.5. The molecule has 1 unspecified atom stereocenters. The van der Waals surface area contributed by atoms with Crippen LogP contribution in [-0.4, -0.2) is 89.0 Å². The van der Waals surface area contributed by atoms with E-state index < -0.39 is 0 Å². The Morgan fingerprint density at radius 3 is 2.78 bits per heavy atom. The normalized spacial score (nSPS) is 27.5. The second-order valence-electron chi connectivity index (χ2n) is 7.84. The third-order valence-electron chi connectivity index (χ3n) is 6.31. The van der Waals surface area contributed by atoms with E-state index in [-0.39, 0.29) is 11.5 Å². The highest BCUT2D eigenvalue weighted by Gasteiger charge is 2.48. The van der Waals surface area contributed by atoms with Crippen molar-refractivity contribution in [1.82, 2.24) is 30.0 Å². The van der Waals surface area contributed by atoms with Crippen molar-refractivity contribution in [3.8, 4) is 0 Å². The molecule has 1 saturated carbocycles. The number of hydrogen-bond acceptors (Lipinski definition) is 7. The Labute approximate surface area is 160 Å². The highest BCUT2D eigenvalue weighted by atomic mass is 16.5. The molecule has 0 aromatic carbocycles. The molecule has 27 heavy (non-hydrogen) atoms. The van der Waals surface area contributed by atoms with Crippen molar-refractivity contribution in [3.05, 3.63) is 5.82 Å². The first-order valence-electron chi connectivity index (χ1n) is 10.1. The van der Waals surface area contributed by atoms with Crippen LogP contribution in [0.3, 0.4) is 0 Å². The topological polar surface area (TPSA) is 85.6 Å². The van der Waals surface area contributed by atoms with Crippen molar-refractivity contribution in [3.63, 3.8) is 0 Å². The zero-order valence-corrected chi connectivity index (χ0v) is 16.2. The van der Waals surface area contributed by atoms with Gasteiger partial charge >= 0.3 is 0 Å². The van der Waals surface area contributed by atoms with Crippen molar-refractivity contribution in [2.75, 3.05) is 53.1 Å². The largest absolute Gasteiger partial charge is 0.383 e. The van der Waals surface area contributed by atoms with Gasteiger partial charge in [-0.25, -0.2) is 4.68 Å². The smallest absolute Gasteiger partial charge is 0.225 e. The fourth-order valence-corrected chi connectivity index (χ4v) is 4.58. The Kier molecular flexibility index (Phi) is 5.70. The van der Waals surface area contributed by atoms with Gasteiger partial charge in [0.05, 0.1) is 26.4 Å². The van der Waals surface area contributed by atoms with Crippen molar-refractivity contribution >= 4 is 5.91 Å². The number of amides is 1. The van der Waals surface area contributed by atoms with E-state index in [1.54, 1.807) is 7.11 Å². The fourth-order valence-electron chi connectivity index (χ4n) is 4.58. The summed E-state index contributed by atoms with van der Waals surface area (Å²) in [5.41, 5.74) is -0.349. The molecule has 9 nitrogen and oxygen atoms in total. The summed E-state index contributed by atoms with van der Waals surface area (Å²) in [5.74, 6) is 1.39. The van der Waals surface area contributed by atoms with Crippen molar-refractivity contribution in [2.24, 2.45) is 5.92 Å². The van der Waals surface area contributed by atoms with Crippen LogP contribution < -0.4 is 0 Å². The van der Waals surface area contributed by atoms with Gasteiger partial charge < -0.3 is 14.4 Å². The number of carbonyl (C=O) groups excluding carboxylic acids is 1. The molecule has 1 aromatic heterocycles. The zero-order valence-electron chi connectivity index (χ0n) is 16.2. The van der Waals surface area contributed by atoms with Gasteiger partial charge in [-0.05, 0) is 36.1 Å². The lowest BCUT2D eigenvalue weighted by Crippen LogP contribution is -2.61. The minimum atomic E-state index is -0.349. The van der Waals surface area contributed by atoms with Gasteiger partial charge in [0.15, 0.2) is 5.82 Å². The van der Waals surface area contributed by atoms with Gasteiger partial charge in [-0.3, -0.25) is 9.69 Å². The average molecular weight is 378 g/mol. The first-order chi connectivity index (χ1) is 13.2. The molecule has 150 valence electrons. The van der Waals surface area contributed by atoms with Crippen LogP contribution in [0.1, 0.15) is 37.9 Å². The third-order valence-corrected chi connectivity index (χ3v) is 6.31. The summed E-state index contributed by atoms with van der Waals surface area (Å²) in [5, 5.41) is 12.6. The Balaban J connectivity index is 1.64. The zero-order chi connectivity index (χ0) is 18.7. The number of carbonyl (C=O) groups is 1. The van der Waals surface area contributed by atoms with Crippen molar-refractivity contribution in [2.45, 2.75) is 44.2 Å². The molecule has 2 saturated heterocycles. The molecular weight excluding hydrogens is 348 g/mol. The summed E-state index contributed by atoms with van der Waals surface area (Å²) in [7, 11) is 1.68. The number of rotatable bonds is 6. The second kappa shape index (κ2) is 8.20. The fraction of sp³-hybridized carbons (Fsp3) is 0.889. The Morgan fingerprint density at radius 1 is 1.26 bits per heavy atom. The van der Waals surface area contributed by atoms with Gasteiger partial charge in [-0.2, -0.15) is 0 Å². The van der Waals surface area contributed by atoms with Gasteiger partial charge in [0.1, 0.15) is 5.54 Å². The lowest BCUT2D eigenvalue weighted by molar-refractivity contribution is -0.145. The number of hydrogen-bond donors (Lipinski definition) is 0. The number of methoxy groups -OCH3 is 1. The van der Waals surface area contributed by atoms with Gasteiger partial charge in [0, 0.05) is 39.2 Å². The molecule has 0 N–H and O–H groups in total. The monoisotopic (exact) mass is 378 g/mol. The molecule has 3 heterocycles. The number of likely N-dealkylation sites (tertiary alicyclic amines) is 1. The van der Waals surface area contributed by atoms with Crippen LogP contribution in [0.5, 0.6) is 0 Å². The van der Waals surface area contributed by atoms with E-state index in [1.807, 2.05) is 4.68 Å². The third kappa shape index (κ3) is 3.60. The number of tetrazole rings is 1. The molecular formula is C18H30N6O3. The van der Waals surface area contributed by atoms with Gasteiger partial charge in [0.2, 0.25) is 5.91 Å². The standard InChI is InChI=1S/C18H30N6O3/c1-26-11-10-24-17(19-20-21-24)18(23-8-12-27-13-9-23)6-3-7-22(14-18)16(25)15-4-2-5-15/h15H,2-14H2,1H3. The lowest BCUT2D eigenvalue weighted by atomic mass is 9.81. The predicted octanol–water partition coefficient (Wildman–Crippen LogP) is 0.270. The van der Waals surface area contributed by atoms with Crippen LogP contribution in [0.2, 0.25) is 0 Å². The second-order valence-corrected chi connectivity index (χ2v) is 7.84. The summed E-state index contributed by atoms with van der Waals surface area (Å²) in [6, 6.07) is 0. The van der Waals surface area contributed by atoms with E-state index in [9.17, 15) is 4.79 Å². The Morgan fingerprint density at radius 2 is 2.07 bits per heavy atom. The summed E-state index contributed by atoms with van der Waals surface area (Å²) >= 11 is 0. The van der Waals surface area contributed by atoms with E-state index >= 15 is 0 Å². The van der Waals surface area contributed by atoms with Crippen LogP contribution in [0.25, 0.3) is 0 Å². The highest BCUT2D eigenvalue weighted by molar-refractivity contribution is 5.79. The van der Waals surface area contributed by atoms with E-state index in [0.717, 1.165) is 51.1 Å². The minimum Gasteiger partial charge on any atom is -0.383 e. The highest BCUT2D eigenvalue weighted by Crippen LogP contribution is 2.38. The maximum atomic E-state index is 13.0. The van der Waals surface area contributed by atoms with Gasteiger partial charge in [-0.1, -0.05) is 6.42 Å². The number of piperidine rings is 1. The van der Waals surface area contributed by atoms with Gasteiger partial charge in [-0.15, -0.1) is 5.10 Å². The molecule has 1 amide bonds. The number of nitrogens with zero attached hydrogens (tertiary/aromatic N) is 6. The number of morpholine rings is 1. The summed E-state index contributed by atoms with van der Waals surface area (Å²) < 4.78 is 12.7. The molecule has 4 rings (SSSR count). The molecule has 1 aliphatic carbocycles. The first-order valence-corrected chi connectivity index (χ1v) is 10.1. The predicted molar refractivity (Wildman–Crippen MR) is 96.9 cm³/mol. The average Bonchev–Trinajstić information content (AvgIpc) is 3.15. The van der Waals surface area contributed by atoms with Crippen LogP contribution in [0, 0.1) is 5.92 Å². The van der Waals surface area contributed by atoms with Crippen molar-refractivity contribution in [1.29, 1.82) is 0 Å². The Bertz CT molecular complexity index is 643. The molecule has 9 heteroatoms. The number of aromatic nitrogens is 4. The molecule has 1 atom stereocenters. The van der Waals surface area contributed by atoms with Crippen LogP contribution in [0.4, 0.5) is 0 Å². The first kappa shape index (κ1) is 18.8. The quantitative estimate of drug-likeness (QED) is 0.702. The summed E-state index contributed by atoms with van der Waals surface area (Å²) in [6.07, 6.45) is 5.16. The van der Waals surface area contributed by atoms with Crippen LogP contribution >= 0.6 is 0 Å². The van der Waals surface area contributed by atoms with E-state index in [4.69, 9.17) is 9.47 Å². The molecule has 0 radical (unpaired) electrons. The van der Waals surface area contributed by atoms with E-state index in [2.05, 4.69) is 25.3 Å². The number of ether oxygens (including phenoxy) is 2. The molecule has 0 bridgehead atoms.